The molecule has 0 aromatic heterocycles. The number of nitrogens with two attached hydrogens (primary N) is 1. The molecule has 1 atom stereocenters. The van der Waals surface area contributed by atoms with Crippen molar-refractivity contribution in [2.24, 2.45) is 17.1 Å². The van der Waals surface area contributed by atoms with Crippen LogP contribution in [0.2, 0.25) is 0 Å². The molecule has 0 unspecified atom stereocenters. The lowest BCUT2D eigenvalue weighted by molar-refractivity contribution is 0.0201. The summed E-state index contributed by atoms with van der Waals surface area (Å²) in [4.78, 5) is 13.8. The fraction of sp³-hybridized carbons (Fsp3) is 0.812. The molecule has 4 heteroatoms. The van der Waals surface area contributed by atoms with Gasteiger partial charge in [-0.25, -0.2) is 4.79 Å². The van der Waals surface area contributed by atoms with E-state index < -0.39 is 5.60 Å². The monoisotopic (exact) mass is 280 g/mol. The van der Waals surface area contributed by atoms with Crippen LogP contribution in [-0.4, -0.2) is 36.2 Å². The second-order valence-corrected chi connectivity index (χ2v) is 7.43. The summed E-state index contributed by atoms with van der Waals surface area (Å²) in [5, 5.41) is 0. The quantitative estimate of drug-likeness (QED) is 0.791. The Morgan fingerprint density at radius 3 is 2.55 bits per heavy atom. The minimum Gasteiger partial charge on any atom is -0.444 e. The Hall–Kier alpha value is -1.03. The molecule has 0 aliphatic heterocycles. The average molecular weight is 280 g/mol. The molecule has 20 heavy (non-hydrogen) atoms. The maximum Gasteiger partial charge on any atom is 0.410 e. The lowest BCUT2D eigenvalue weighted by Gasteiger charge is -2.49. The summed E-state index contributed by atoms with van der Waals surface area (Å²) in [7, 11) is 1.82. The van der Waals surface area contributed by atoms with Crippen LogP contribution in [0.3, 0.4) is 0 Å². The van der Waals surface area contributed by atoms with Gasteiger partial charge in [-0.2, -0.15) is 0 Å². The van der Waals surface area contributed by atoms with E-state index in [1.54, 1.807) is 4.90 Å². The largest absolute Gasteiger partial charge is 0.444 e. The third-order valence-corrected chi connectivity index (χ3v) is 4.51. The highest BCUT2D eigenvalue weighted by Gasteiger charge is 2.43. The van der Waals surface area contributed by atoms with Crippen LogP contribution in [0.25, 0.3) is 0 Å². The van der Waals surface area contributed by atoms with Crippen molar-refractivity contribution in [1.29, 1.82) is 0 Å². The van der Waals surface area contributed by atoms with Crippen LogP contribution >= 0.6 is 0 Å². The number of allylic oxidation sites excluding steroid dienone is 1. The fourth-order valence-corrected chi connectivity index (χ4v) is 3.32. The van der Waals surface area contributed by atoms with Crippen LogP contribution in [0, 0.1) is 11.3 Å². The molecule has 2 aliphatic rings. The zero-order valence-electron chi connectivity index (χ0n) is 13.2. The van der Waals surface area contributed by atoms with E-state index in [2.05, 4.69) is 12.2 Å². The highest BCUT2D eigenvalue weighted by atomic mass is 16.6. The van der Waals surface area contributed by atoms with Gasteiger partial charge < -0.3 is 15.4 Å². The number of ether oxygens (including phenoxy) is 1. The van der Waals surface area contributed by atoms with Crippen molar-refractivity contribution in [2.45, 2.75) is 58.1 Å². The molecule has 114 valence electrons. The maximum absolute atomic E-state index is 12.1. The van der Waals surface area contributed by atoms with Crippen LogP contribution in [-0.2, 0) is 4.74 Å². The Balaban J connectivity index is 1.89. The van der Waals surface area contributed by atoms with Crippen molar-refractivity contribution in [1.82, 2.24) is 4.90 Å². The molecule has 2 rings (SSSR count). The summed E-state index contributed by atoms with van der Waals surface area (Å²) in [6.07, 6.45) is 8.85. The van der Waals surface area contributed by atoms with Crippen molar-refractivity contribution >= 4 is 6.09 Å². The van der Waals surface area contributed by atoms with Gasteiger partial charge in [-0.15, -0.1) is 0 Å². The van der Waals surface area contributed by atoms with Gasteiger partial charge in [-0.05, 0) is 64.3 Å². The SMILES string of the molecule is CN(C(=O)OC(C)(C)C)[C@H]1C=CC2(CC1)CC(CN)C2. The number of carbonyl (C=O) groups excluding carboxylic acids is 1. The second kappa shape index (κ2) is 5.40. The molecule has 0 heterocycles. The Morgan fingerprint density at radius 2 is 2.10 bits per heavy atom. The zero-order valence-corrected chi connectivity index (χ0v) is 13.2. The van der Waals surface area contributed by atoms with Gasteiger partial charge in [0, 0.05) is 7.05 Å². The Bertz CT molecular complexity index is 392. The van der Waals surface area contributed by atoms with E-state index in [-0.39, 0.29) is 12.1 Å². The van der Waals surface area contributed by atoms with Crippen LogP contribution in [0.1, 0.15) is 46.5 Å². The van der Waals surface area contributed by atoms with Gasteiger partial charge >= 0.3 is 6.09 Å². The highest BCUT2D eigenvalue weighted by Crippen LogP contribution is 2.51. The fourth-order valence-electron chi connectivity index (χ4n) is 3.32. The Labute approximate surface area is 122 Å². The van der Waals surface area contributed by atoms with E-state index in [1.807, 2.05) is 27.8 Å². The summed E-state index contributed by atoms with van der Waals surface area (Å²) in [6, 6.07) is 0.160. The molecule has 1 fully saturated rings. The van der Waals surface area contributed by atoms with Crippen molar-refractivity contribution in [3.05, 3.63) is 12.2 Å². The molecular formula is C16H28N2O2. The molecule has 2 aliphatic carbocycles. The molecule has 1 saturated carbocycles. The first-order valence-electron chi connectivity index (χ1n) is 7.60. The lowest BCUT2D eigenvalue weighted by atomic mass is 9.58. The summed E-state index contributed by atoms with van der Waals surface area (Å²) in [6.45, 7) is 6.49. The first-order chi connectivity index (χ1) is 9.25. The van der Waals surface area contributed by atoms with Crippen LogP contribution in [0.5, 0.6) is 0 Å². The number of likely N-dealkylation sites (N-methyl/N-ethyl adjacent to an activating group) is 1. The molecule has 1 amide bonds. The molecule has 0 bridgehead atoms. The second-order valence-electron chi connectivity index (χ2n) is 7.43. The molecule has 2 N–H and O–H groups in total. The summed E-state index contributed by atoms with van der Waals surface area (Å²) in [5.74, 6) is 0.694. The van der Waals surface area contributed by atoms with Crippen LogP contribution in [0.4, 0.5) is 4.79 Å². The molecule has 1 spiro atoms. The zero-order chi connectivity index (χ0) is 15.0. The highest BCUT2D eigenvalue weighted by molar-refractivity contribution is 5.68. The van der Waals surface area contributed by atoms with Crippen molar-refractivity contribution in [2.75, 3.05) is 13.6 Å². The minimum atomic E-state index is -0.437. The summed E-state index contributed by atoms with van der Waals surface area (Å²) in [5.41, 5.74) is 5.64. The number of rotatable bonds is 2. The lowest BCUT2D eigenvalue weighted by Crippen LogP contribution is -2.45. The van der Waals surface area contributed by atoms with Crippen molar-refractivity contribution in [3.8, 4) is 0 Å². The van der Waals surface area contributed by atoms with Gasteiger partial charge in [0.1, 0.15) is 5.60 Å². The van der Waals surface area contributed by atoms with E-state index in [0.29, 0.717) is 11.3 Å². The maximum atomic E-state index is 12.1. The van der Waals surface area contributed by atoms with E-state index in [4.69, 9.17) is 10.5 Å². The molecular weight excluding hydrogens is 252 g/mol. The van der Waals surface area contributed by atoms with Crippen LogP contribution in [0.15, 0.2) is 12.2 Å². The predicted octanol–water partition coefficient (Wildman–Crippen LogP) is 2.93. The Morgan fingerprint density at radius 1 is 1.45 bits per heavy atom. The van der Waals surface area contributed by atoms with E-state index in [1.165, 1.54) is 12.8 Å². The van der Waals surface area contributed by atoms with Crippen molar-refractivity contribution < 1.29 is 9.53 Å². The number of amides is 1. The van der Waals surface area contributed by atoms with Crippen LogP contribution < -0.4 is 5.73 Å². The first-order valence-corrected chi connectivity index (χ1v) is 7.60. The summed E-state index contributed by atoms with van der Waals surface area (Å²) >= 11 is 0. The van der Waals surface area contributed by atoms with Gasteiger partial charge in [0.2, 0.25) is 0 Å². The van der Waals surface area contributed by atoms with Gasteiger partial charge in [-0.3, -0.25) is 0 Å². The molecule has 0 saturated heterocycles. The van der Waals surface area contributed by atoms with E-state index >= 15 is 0 Å². The standard InChI is InChI=1S/C16H28N2O2/c1-15(2,3)20-14(19)18(4)13-5-7-16(8-6-13)9-12(10-16)11-17/h5,7,12-13H,6,8-11,17H2,1-4H3/t12?,13-,16?/m0/s1. The van der Waals surface area contributed by atoms with E-state index in [0.717, 1.165) is 19.4 Å². The number of hydrogen-bond acceptors (Lipinski definition) is 3. The number of nitrogens with zero attached hydrogens (tertiary/aromatic N) is 1. The van der Waals surface area contributed by atoms with Gasteiger partial charge in [0.25, 0.3) is 0 Å². The molecule has 4 nitrogen and oxygen atoms in total. The smallest absolute Gasteiger partial charge is 0.410 e. The topological polar surface area (TPSA) is 55.6 Å². The van der Waals surface area contributed by atoms with Crippen molar-refractivity contribution in [3.63, 3.8) is 0 Å². The molecule has 0 radical (unpaired) electrons. The third-order valence-electron chi connectivity index (χ3n) is 4.51. The predicted molar refractivity (Wildman–Crippen MR) is 80.4 cm³/mol. The van der Waals surface area contributed by atoms with Gasteiger partial charge in [0.15, 0.2) is 0 Å². The number of carbonyl (C=O) groups is 1. The normalized spacial score (nSPS) is 32.9. The number of hydrogen-bond donors (Lipinski definition) is 1. The first kappa shape index (κ1) is 15.4. The van der Waals surface area contributed by atoms with E-state index in [9.17, 15) is 4.79 Å². The molecule has 0 aromatic carbocycles. The summed E-state index contributed by atoms with van der Waals surface area (Å²) < 4.78 is 5.42. The minimum absolute atomic E-state index is 0.160. The average Bonchev–Trinajstić information content (AvgIpc) is 2.33. The Kier molecular flexibility index (Phi) is 4.14. The van der Waals surface area contributed by atoms with Gasteiger partial charge in [0.05, 0.1) is 6.04 Å². The third kappa shape index (κ3) is 3.35. The van der Waals surface area contributed by atoms with Gasteiger partial charge in [-0.1, -0.05) is 12.2 Å². The molecule has 0 aromatic rings.